The molecule has 0 aromatic heterocycles. The second-order valence-corrected chi connectivity index (χ2v) is 5.47. The van der Waals surface area contributed by atoms with E-state index in [1.54, 1.807) is 19.9 Å². The van der Waals surface area contributed by atoms with Crippen LogP contribution in [0.2, 0.25) is 0 Å². The summed E-state index contributed by atoms with van der Waals surface area (Å²) in [4.78, 5) is 2.15. The van der Waals surface area contributed by atoms with E-state index in [9.17, 15) is 14.6 Å². The number of benzene rings is 1. The molecule has 1 aliphatic heterocycles. The van der Waals surface area contributed by atoms with Crippen LogP contribution in [0, 0.1) is 18.7 Å². The minimum absolute atomic E-state index is 0.181. The number of hydrogen-bond donors (Lipinski definition) is 2. The highest BCUT2D eigenvalue weighted by molar-refractivity contribution is 5.57. The van der Waals surface area contributed by atoms with Gasteiger partial charge in [0, 0.05) is 30.9 Å². The molecule has 1 aromatic rings. The molecule has 0 aliphatic carbocycles. The van der Waals surface area contributed by atoms with Gasteiger partial charge in [-0.15, -0.1) is 0 Å². The van der Waals surface area contributed by atoms with E-state index in [-0.39, 0.29) is 18.3 Å². The Morgan fingerprint density at radius 3 is 2.84 bits per heavy atom. The average Bonchev–Trinajstić information content (AvgIpc) is 2.41. The highest BCUT2D eigenvalue weighted by atomic mass is 19.1. The van der Waals surface area contributed by atoms with Crippen LogP contribution < -0.4 is 4.90 Å². The predicted octanol–water partition coefficient (Wildman–Crippen LogP) is 2.40. The average molecular weight is 267 g/mol. The Labute approximate surface area is 113 Å². The van der Waals surface area contributed by atoms with Crippen LogP contribution in [-0.2, 0) is 0 Å². The number of aryl methyl sites for hydroxylation is 1. The van der Waals surface area contributed by atoms with E-state index in [2.05, 4.69) is 4.90 Å². The summed E-state index contributed by atoms with van der Waals surface area (Å²) in [5, 5.41) is 19.1. The van der Waals surface area contributed by atoms with Gasteiger partial charge >= 0.3 is 0 Å². The lowest BCUT2D eigenvalue weighted by atomic mass is 9.96. The summed E-state index contributed by atoms with van der Waals surface area (Å²) in [6.07, 6.45) is 1.34. The van der Waals surface area contributed by atoms with Gasteiger partial charge in [-0.2, -0.15) is 0 Å². The SMILES string of the molecule is Cc1cc(N2CCCC(CO)C2)c([C@@H](C)O)cc1F. The molecule has 1 aromatic carbocycles. The van der Waals surface area contributed by atoms with E-state index in [0.29, 0.717) is 11.1 Å². The van der Waals surface area contributed by atoms with Crippen molar-refractivity contribution in [3.63, 3.8) is 0 Å². The third-order valence-electron chi connectivity index (χ3n) is 3.88. The van der Waals surface area contributed by atoms with E-state index in [1.807, 2.05) is 0 Å². The summed E-state index contributed by atoms with van der Waals surface area (Å²) in [6.45, 7) is 5.22. The van der Waals surface area contributed by atoms with Crippen LogP contribution in [0.15, 0.2) is 12.1 Å². The van der Waals surface area contributed by atoms with Crippen LogP contribution in [0.3, 0.4) is 0 Å². The first-order chi connectivity index (χ1) is 9.02. The number of aliphatic hydroxyl groups is 2. The fourth-order valence-electron chi connectivity index (χ4n) is 2.72. The Morgan fingerprint density at radius 2 is 2.21 bits per heavy atom. The van der Waals surface area contributed by atoms with E-state index < -0.39 is 6.10 Å². The Kier molecular flexibility index (Phi) is 4.42. The first-order valence-corrected chi connectivity index (χ1v) is 6.86. The summed E-state index contributed by atoms with van der Waals surface area (Å²) >= 11 is 0. The minimum Gasteiger partial charge on any atom is -0.396 e. The molecule has 0 bridgehead atoms. The van der Waals surface area contributed by atoms with Gasteiger partial charge in [0.25, 0.3) is 0 Å². The van der Waals surface area contributed by atoms with Gasteiger partial charge in [-0.3, -0.25) is 0 Å². The summed E-state index contributed by atoms with van der Waals surface area (Å²) in [5.41, 5.74) is 2.11. The van der Waals surface area contributed by atoms with E-state index in [4.69, 9.17) is 0 Å². The van der Waals surface area contributed by atoms with E-state index in [1.165, 1.54) is 6.07 Å². The second kappa shape index (κ2) is 5.88. The van der Waals surface area contributed by atoms with Crippen molar-refractivity contribution in [1.29, 1.82) is 0 Å². The van der Waals surface area contributed by atoms with Crippen LogP contribution in [0.4, 0.5) is 10.1 Å². The van der Waals surface area contributed by atoms with Crippen LogP contribution >= 0.6 is 0 Å². The largest absolute Gasteiger partial charge is 0.396 e. The van der Waals surface area contributed by atoms with E-state index >= 15 is 0 Å². The van der Waals surface area contributed by atoms with Crippen LogP contribution in [0.5, 0.6) is 0 Å². The zero-order chi connectivity index (χ0) is 14.0. The Morgan fingerprint density at radius 1 is 1.47 bits per heavy atom. The van der Waals surface area contributed by atoms with Gasteiger partial charge in [-0.1, -0.05) is 0 Å². The van der Waals surface area contributed by atoms with Crippen LogP contribution in [-0.4, -0.2) is 29.9 Å². The molecule has 2 N–H and O–H groups in total. The number of halogens is 1. The molecule has 19 heavy (non-hydrogen) atoms. The zero-order valence-electron chi connectivity index (χ0n) is 11.6. The molecule has 1 unspecified atom stereocenters. The maximum Gasteiger partial charge on any atom is 0.126 e. The second-order valence-electron chi connectivity index (χ2n) is 5.47. The number of anilines is 1. The van der Waals surface area contributed by atoms with Gasteiger partial charge in [-0.05, 0) is 50.3 Å². The monoisotopic (exact) mass is 267 g/mol. The molecule has 0 spiro atoms. The van der Waals surface area contributed by atoms with Crippen molar-refractivity contribution < 1.29 is 14.6 Å². The Balaban J connectivity index is 2.34. The van der Waals surface area contributed by atoms with Gasteiger partial charge in [0.05, 0.1) is 6.10 Å². The van der Waals surface area contributed by atoms with Crippen molar-refractivity contribution in [1.82, 2.24) is 0 Å². The molecule has 1 fully saturated rings. The smallest absolute Gasteiger partial charge is 0.126 e. The molecule has 2 rings (SSSR count). The topological polar surface area (TPSA) is 43.7 Å². The van der Waals surface area contributed by atoms with Gasteiger partial charge in [0.2, 0.25) is 0 Å². The molecular formula is C15H22FNO2. The minimum atomic E-state index is -0.695. The lowest BCUT2D eigenvalue weighted by Gasteiger charge is -2.35. The maximum atomic E-state index is 13.7. The van der Waals surface area contributed by atoms with E-state index in [0.717, 1.165) is 31.6 Å². The standard InChI is InChI=1S/C15H22FNO2/c1-10-6-15(13(11(2)19)7-14(10)16)17-5-3-4-12(8-17)9-18/h6-7,11-12,18-19H,3-5,8-9H2,1-2H3/t11-,12?/m1/s1. The molecule has 3 nitrogen and oxygen atoms in total. The fourth-order valence-corrected chi connectivity index (χ4v) is 2.72. The fraction of sp³-hybridized carbons (Fsp3) is 0.600. The van der Waals surface area contributed by atoms with Crippen LogP contribution in [0.25, 0.3) is 0 Å². The van der Waals surface area contributed by atoms with Crippen molar-refractivity contribution in [2.24, 2.45) is 5.92 Å². The Bertz CT molecular complexity index is 448. The molecule has 1 aliphatic rings. The number of hydrogen-bond acceptors (Lipinski definition) is 3. The summed E-state index contributed by atoms with van der Waals surface area (Å²) in [5.74, 6) is -0.0173. The van der Waals surface area contributed by atoms with Crippen molar-refractivity contribution >= 4 is 5.69 Å². The third-order valence-corrected chi connectivity index (χ3v) is 3.88. The summed E-state index contributed by atoms with van der Waals surface area (Å²) < 4.78 is 13.7. The number of aliphatic hydroxyl groups excluding tert-OH is 2. The summed E-state index contributed by atoms with van der Waals surface area (Å²) in [7, 11) is 0. The summed E-state index contributed by atoms with van der Waals surface area (Å²) in [6, 6.07) is 3.23. The van der Waals surface area contributed by atoms with Gasteiger partial charge in [0.1, 0.15) is 5.82 Å². The lowest BCUT2D eigenvalue weighted by Crippen LogP contribution is -2.37. The molecular weight excluding hydrogens is 245 g/mol. The van der Waals surface area contributed by atoms with Crippen molar-refractivity contribution in [3.8, 4) is 0 Å². The number of nitrogens with zero attached hydrogens (tertiary/aromatic N) is 1. The molecule has 0 radical (unpaired) electrons. The molecule has 0 saturated carbocycles. The molecule has 2 atom stereocenters. The first kappa shape index (κ1) is 14.3. The zero-order valence-corrected chi connectivity index (χ0v) is 11.6. The van der Waals surface area contributed by atoms with Gasteiger partial charge in [-0.25, -0.2) is 4.39 Å². The molecule has 1 saturated heterocycles. The number of piperidine rings is 1. The van der Waals surface area contributed by atoms with Crippen molar-refractivity contribution in [2.75, 3.05) is 24.6 Å². The van der Waals surface area contributed by atoms with Crippen molar-refractivity contribution in [2.45, 2.75) is 32.8 Å². The quantitative estimate of drug-likeness (QED) is 0.884. The molecule has 1 heterocycles. The van der Waals surface area contributed by atoms with Crippen LogP contribution in [0.1, 0.15) is 37.0 Å². The normalized spacial score (nSPS) is 21.5. The van der Waals surface area contributed by atoms with Gasteiger partial charge in [0.15, 0.2) is 0 Å². The third kappa shape index (κ3) is 3.07. The highest BCUT2D eigenvalue weighted by Gasteiger charge is 2.23. The lowest BCUT2D eigenvalue weighted by molar-refractivity contribution is 0.196. The van der Waals surface area contributed by atoms with Gasteiger partial charge < -0.3 is 15.1 Å². The molecule has 0 amide bonds. The first-order valence-electron chi connectivity index (χ1n) is 6.86. The maximum absolute atomic E-state index is 13.7. The molecule has 4 heteroatoms. The molecule has 106 valence electrons. The Hall–Kier alpha value is -1.13. The number of rotatable bonds is 3. The van der Waals surface area contributed by atoms with Crippen molar-refractivity contribution in [3.05, 3.63) is 29.1 Å². The predicted molar refractivity (Wildman–Crippen MR) is 73.8 cm³/mol. The highest BCUT2D eigenvalue weighted by Crippen LogP contribution is 2.32.